The Balaban J connectivity index is 2.44. The molecule has 1 aromatic rings. The molecule has 80 valence electrons. The molecule has 5 heteroatoms. The Labute approximate surface area is 92.8 Å². The van der Waals surface area contributed by atoms with Crippen LogP contribution in [0.25, 0.3) is 0 Å². The van der Waals surface area contributed by atoms with Crippen molar-refractivity contribution < 1.29 is 14.3 Å². The van der Waals surface area contributed by atoms with Gasteiger partial charge in [-0.3, -0.25) is 9.59 Å². The van der Waals surface area contributed by atoms with Gasteiger partial charge in [-0.1, -0.05) is 18.2 Å². The van der Waals surface area contributed by atoms with Crippen molar-refractivity contribution >= 4 is 24.3 Å². The van der Waals surface area contributed by atoms with E-state index in [1.807, 2.05) is 6.07 Å². The first kappa shape index (κ1) is 11.6. The van der Waals surface area contributed by atoms with Gasteiger partial charge in [0, 0.05) is 0 Å². The van der Waals surface area contributed by atoms with Gasteiger partial charge >= 0.3 is 0 Å². The molecule has 0 aliphatic heterocycles. The summed E-state index contributed by atoms with van der Waals surface area (Å²) in [6, 6.07) is 8.83. The van der Waals surface area contributed by atoms with Gasteiger partial charge in [-0.2, -0.15) is 12.6 Å². The zero-order valence-corrected chi connectivity index (χ0v) is 8.81. The van der Waals surface area contributed by atoms with Gasteiger partial charge in [0.1, 0.15) is 17.6 Å². The molecule has 0 bridgehead atoms. The number of amides is 1. The van der Waals surface area contributed by atoms with Crippen LogP contribution in [0.5, 0.6) is 5.75 Å². The molecule has 0 saturated carbocycles. The topological polar surface area (TPSA) is 69.4 Å². The molecule has 2 N–H and O–H groups in total. The van der Waals surface area contributed by atoms with E-state index in [2.05, 4.69) is 12.6 Å². The van der Waals surface area contributed by atoms with Crippen LogP contribution in [-0.4, -0.2) is 23.5 Å². The summed E-state index contributed by atoms with van der Waals surface area (Å²) >= 11 is 3.76. The van der Waals surface area contributed by atoms with Crippen LogP contribution in [0.15, 0.2) is 30.3 Å². The largest absolute Gasteiger partial charge is 0.486 e. The van der Waals surface area contributed by atoms with Crippen LogP contribution in [-0.2, 0) is 9.59 Å². The Kier molecular flexibility index (Phi) is 4.17. The quantitative estimate of drug-likeness (QED) is 0.563. The maximum Gasteiger partial charge on any atom is 0.238 e. The third-order valence-electron chi connectivity index (χ3n) is 1.70. The number of hydrogen-bond acceptors (Lipinski definition) is 4. The molecule has 0 radical (unpaired) electrons. The van der Waals surface area contributed by atoms with Crippen molar-refractivity contribution in [3.63, 3.8) is 0 Å². The molecular weight excluding hydrogens is 214 g/mol. The Morgan fingerprint density at radius 2 is 1.93 bits per heavy atom. The second-order valence-corrected chi connectivity index (χ2v) is 3.39. The summed E-state index contributed by atoms with van der Waals surface area (Å²) in [5.41, 5.74) is 4.91. The van der Waals surface area contributed by atoms with Crippen LogP contribution >= 0.6 is 12.6 Å². The smallest absolute Gasteiger partial charge is 0.238 e. The molecule has 0 fully saturated rings. The van der Waals surface area contributed by atoms with E-state index in [0.717, 1.165) is 0 Å². The molecule has 0 saturated heterocycles. The average molecular weight is 225 g/mol. The minimum atomic E-state index is -1.10. The first-order valence-corrected chi connectivity index (χ1v) is 4.81. The molecule has 1 rings (SSSR count). The molecule has 1 unspecified atom stereocenters. The number of carbonyl (C=O) groups excluding carboxylic acids is 2. The maximum atomic E-state index is 11.3. The van der Waals surface area contributed by atoms with Crippen LogP contribution in [0.1, 0.15) is 0 Å². The number of para-hydroxylation sites is 1. The highest BCUT2D eigenvalue weighted by Gasteiger charge is 2.19. The third-order valence-corrected chi connectivity index (χ3v) is 2.24. The number of hydrogen-bond donors (Lipinski definition) is 2. The lowest BCUT2D eigenvalue weighted by Gasteiger charge is -2.07. The Bertz CT molecular complexity index is 353. The Morgan fingerprint density at radius 1 is 1.33 bits per heavy atom. The maximum absolute atomic E-state index is 11.3. The first-order valence-electron chi connectivity index (χ1n) is 4.29. The Hall–Kier alpha value is -1.49. The molecule has 15 heavy (non-hydrogen) atoms. The van der Waals surface area contributed by atoms with Gasteiger partial charge in [-0.25, -0.2) is 0 Å². The lowest BCUT2D eigenvalue weighted by Crippen LogP contribution is -2.34. The number of benzene rings is 1. The second kappa shape index (κ2) is 5.41. The fourth-order valence-corrected chi connectivity index (χ4v) is 0.983. The fourth-order valence-electron chi connectivity index (χ4n) is 0.909. The van der Waals surface area contributed by atoms with E-state index in [4.69, 9.17) is 10.5 Å². The van der Waals surface area contributed by atoms with Crippen LogP contribution < -0.4 is 10.5 Å². The van der Waals surface area contributed by atoms with Crippen LogP contribution in [0.3, 0.4) is 0 Å². The van der Waals surface area contributed by atoms with Gasteiger partial charge in [0.25, 0.3) is 0 Å². The summed E-state index contributed by atoms with van der Waals surface area (Å²) in [5, 5.41) is -1.10. The molecule has 0 spiro atoms. The highest BCUT2D eigenvalue weighted by Crippen LogP contribution is 2.08. The van der Waals surface area contributed by atoms with Crippen molar-refractivity contribution in [3.8, 4) is 5.75 Å². The highest BCUT2D eigenvalue weighted by molar-refractivity contribution is 7.82. The third kappa shape index (κ3) is 3.63. The van der Waals surface area contributed by atoms with Crippen molar-refractivity contribution in [1.82, 2.24) is 0 Å². The number of nitrogens with two attached hydrogens (primary N) is 1. The minimum Gasteiger partial charge on any atom is -0.486 e. The van der Waals surface area contributed by atoms with E-state index in [0.29, 0.717) is 5.75 Å². The molecule has 0 heterocycles. The normalized spacial score (nSPS) is 11.8. The van der Waals surface area contributed by atoms with Crippen LogP contribution in [0.4, 0.5) is 0 Å². The zero-order chi connectivity index (χ0) is 11.3. The zero-order valence-electron chi connectivity index (χ0n) is 7.92. The summed E-state index contributed by atoms with van der Waals surface area (Å²) in [5.74, 6) is -0.648. The van der Waals surface area contributed by atoms with Gasteiger partial charge in [0.05, 0.1) is 0 Å². The summed E-state index contributed by atoms with van der Waals surface area (Å²) in [6.07, 6.45) is 0. The highest BCUT2D eigenvalue weighted by atomic mass is 32.1. The van der Waals surface area contributed by atoms with Crippen molar-refractivity contribution in [2.45, 2.75) is 5.25 Å². The van der Waals surface area contributed by atoms with E-state index < -0.39 is 16.9 Å². The molecule has 0 aliphatic carbocycles. The number of Topliss-reactive ketones (excluding diaryl/α,β-unsaturated/α-hetero) is 1. The molecule has 1 amide bonds. The molecule has 1 aromatic carbocycles. The molecule has 0 aliphatic rings. The number of rotatable bonds is 5. The molecular formula is C10H11NO3S. The summed E-state index contributed by atoms with van der Waals surface area (Å²) < 4.78 is 5.13. The molecule has 0 aromatic heterocycles. The van der Waals surface area contributed by atoms with E-state index >= 15 is 0 Å². The summed E-state index contributed by atoms with van der Waals surface area (Å²) in [6.45, 7) is -0.207. The summed E-state index contributed by atoms with van der Waals surface area (Å²) in [4.78, 5) is 21.9. The van der Waals surface area contributed by atoms with E-state index in [1.165, 1.54) is 0 Å². The van der Waals surface area contributed by atoms with Gasteiger partial charge in [-0.05, 0) is 12.1 Å². The first-order chi connectivity index (χ1) is 7.11. The molecule has 1 atom stereocenters. The standard InChI is InChI=1S/C10H11NO3S/c11-10(13)9(15)8(12)6-14-7-4-2-1-3-5-7/h1-5,9,15H,6H2,(H2,11,13). The van der Waals surface area contributed by atoms with Crippen molar-refractivity contribution in [2.24, 2.45) is 5.73 Å². The fraction of sp³-hybridized carbons (Fsp3) is 0.200. The van der Waals surface area contributed by atoms with E-state index in [-0.39, 0.29) is 6.61 Å². The van der Waals surface area contributed by atoms with Crippen LogP contribution in [0.2, 0.25) is 0 Å². The van der Waals surface area contributed by atoms with Crippen molar-refractivity contribution in [2.75, 3.05) is 6.61 Å². The van der Waals surface area contributed by atoms with Gasteiger partial charge in [0.15, 0.2) is 5.78 Å². The monoisotopic (exact) mass is 225 g/mol. The number of ether oxygens (including phenoxy) is 1. The van der Waals surface area contributed by atoms with Crippen molar-refractivity contribution in [3.05, 3.63) is 30.3 Å². The van der Waals surface area contributed by atoms with Crippen molar-refractivity contribution in [1.29, 1.82) is 0 Å². The molecule has 4 nitrogen and oxygen atoms in total. The predicted molar refractivity (Wildman–Crippen MR) is 58.9 cm³/mol. The SMILES string of the molecule is NC(=O)C(S)C(=O)COc1ccccc1. The Morgan fingerprint density at radius 3 is 2.47 bits per heavy atom. The average Bonchev–Trinajstić information content (AvgIpc) is 2.26. The lowest BCUT2D eigenvalue weighted by molar-refractivity contribution is -0.126. The number of primary amides is 1. The second-order valence-electron chi connectivity index (χ2n) is 2.87. The number of carbonyl (C=O) groups is 2. The van der Waals surface area contributed by atoms with Crippen LogP contribution in [0, 0.1) is 0 Å². The van der Waals surface area contributed by atoms with Gasteiger partial charge in [-0.15, -0.1) is 0 Å². The van der Waals surface area contributed by atoms with E-state index in [9.17, 15) is 9.59 Å². The number of thiol groups is 1. The van der Waals surface area contributed by atoms with E-state index in [1.54, 1.807) is 24.3 Å². The summed E-state index contributed by atoms with van der Waals surface area (Å²) in [7, 11) is 0. The predicted octanol–water partition coefficient (Wildman–Crippen LogP) is 0.418. The number of ketones is 1. The van der Waals surface area contributed by atoms with Gasteiger partial charge < -0.3 is 10.5 Å². The minimum absolute atomic E-state index is 0.207. The lowest BCUT2D eigenvalue weighted by atomic mass is 10.3. The van der Waals surface area contributed by atoms with Gasteiger partial charge in [0.2, 0.25) is 5.91 Å².